The lowest BCUT2D eigenvalue weighted by molar-refractivity contribution is -0.145. The Balaban J connectivity index is 2.09. The lowest BCUT2D eigenvalue weighted by Gasteiger charge is -2.26. The molecule has 30 heavy (non-hydrogen) atoms. The Morgan fingerprint density at radius 2 is 2.00 bits per heavy atom. The Labute approximate surface area is 182 Å². The van der Waals surface area contributed by atoms with Gasteiger partial charge in [0, 0.05) is 19.6 Å². The molecule has 1 fully saturated rings. The number of carbonyl (C=O) groups excluding carboxylic acids is 2. The fourth-order valence-corrected chi connectivity index (χ4v) is 4.66. The Kier molecular flexibility index (Phi) is 9.05. The van der Waals surface area contributed by atoms with Crippen molar-refractivity contribution in [3.8, 4) is 0 Å². The number of carbonyl (C=O) groups is 2. The second-order valence-corrected chi connectivity index (χ2v) is 9.30. The van der Waals surface area contributed by atoms with Crippen molar-refractivity contribution in [2.75, 3.05) is 58.4 Å². The maximum Gasteiger partial charge on any atom is 0.309 e. The third kappa shape index (κ3) is 6.39. The van der Waals surface area contributed by atoms with Gasteiger partial charge in [-0.1, -0.05) is 25.4 Å². The van der Waals surface area contributed by atoms with Gasteiger partial charge in [-0.3, -0.25) is 14.5 Å². The second kappa shape index (κ2) is 11.1. The number of morpholine rings is 1. The number of sulfonamides is 1. The number of halogens is 1. The molecule has 0 spiro atoms. The van der Waals surface area contributed by atoms with Crippen molar-refractivity contribution in [2.24, 2.45) is 5.92 Å². The van der Waals surface area contributed by atoms with E-state index in [0.717, 1.165) is 0 Å². The summed E-state index contributed by atoms with van der Waals surface area (Å²) in [4.78, 5) is 26.0. The van der Waals surface area contributed by atoms with E-state index in [1.54, 1.807) is 11.8 Å². The standard InChI is InChI=1S/C19H28ClN3O6S/c1-4-22(12-14(2)19(25)28-3)13-18(24)21-17-11-15(5-6-16(17)20)30(26,27)23-7-9-29-10-8-23/h5-6,11,14H,4,7-10,12-13H2,1-3H3,(H,21,24). The number of amides is 1. The summed E-state index contributed by atoms with van der Waals surface area (Å²) in [6, 6.07) is 4.22. The summed E-state index contributed by atoms with van der Waals surface area (Å²) in [7, 11) is -2.39. The first kappa shape index (κ1) is 24.5. The summed E-state index contributed by atoms with van der Waals surface area (Å²) in [5.74, 6) is -1.09. The number of nitrogens with zero attached hydrogens (tertiary/aromatic N) is 2. The number of anilines is 1. The molecule has 0 aromatic heterocycles. The molecule has 0 radical (unpaired) electrons. The van der Waals surface area contributed by atoms with Crippen molar-refractivity contribution in [2.45, 2.75) is 18.7 Å². The minimum Gasteiger partial charge on any atom is -0.469 e. The Hall–Kier alpha value is -1.72. The quantitative estimate of drug-likeness (QED) is 0.554. The highest BCUT2D eigenvalue weighted by molar-refractivity contribution is 7.89. The van der Waals surface area contributed by atoms with Crippen LogP contribution in [0.3, 0.4) is 0 Å². The number of likely N-dealkylation sites (N-methyl/N-ethyl adjacent to an activating group) is 1. The first-order valence-corrected chi connectivity index (χ1v) is 11.5. The topological polar surface area (TPSA) is 105 Å². The highest BCUT2D eigenvalue weighted by Gasteiger charge is 2.27. The van der Waals surface area contributed by atoms with Crippen LogP contribution in [0.4, 0.5) is 5.69 Å². The van der Waals surface area contributed by atoms with Crippen molar-refractivity contribution < 1.29 is 27.5 Å². The van der Waals surface area contributed by atoms with Gasteiger partial charge in [-0.2, -0.15) is 4.31 Å². The van der Waals surface area contributed by atoms with Crippen molar-refractivity contribution in [3.63, 3.8) is 0 Å². The summed E-state index contributed by atoms with van der Waals surface area (Å²) in [6.07, 6.45) is 0. The molecule has 1 N–H and O–H groups in total. The van der Waals surface area contributed by atoms with Gasteiger partial charge in [-0.25, -0.2) is 8.42 Å². The predicted octanol–water partition coefficient (Wildman–Crippen LogP) is 1.43. The Morgan fingerprint density at radius 1 is 1.33 bits per heavy atom. The van der Waals surface area contributed by atoms with E-state index in [2.05, 4.69) is 5.32 Å². The van der Waals surface area contributed by atoms with E-state index in [-0.39, 0.29) is 53.0 Å². The molecule has 168 valence electrons. The predicted molar refractivity (Wildman–Crippen MR) is 113 cm³/mol. The van der Waals surface area contributed by atoms with Crippen molar-refractivity contribution in [1.82, 2.24) is 9.21 Å². The van der Waals surface area contributed by atoms with E-state index in [4.69, 9.17) is 21.1 Å². The fourth-order valence-electron chi connectivity index (χ4n) is 3.06. The van der Waals surface area contributed by atoms with Crippen LogP contribution in [0.1, 0.15) is 13.8 Å². The summed E-state index contributed by atoms with van der Waals surface area (Å²) in [5, 5.41) is 2.90. The van der Waals surface area contributed by atoms with Gasteiger partial charge >= 0.3 is 5.97 Å². The van der Waals surface area contributed by atoms with Gasteiger partial charge < -0.3 is 14.8 Å². The summed E-state index contributed by atoms with van der Waals surface area (Å²) in [6.45, 7) is 5.76. The van der Waals surface area contributed by atoms with E-state index in [9.17, 15) is 18.0 Å². The molecule has 0 saturated carbocycles. The third-order valence-electron chi connectivity index (χ3n) is 4.77. The van der Waals surface area contributed by atoms with Gasteiger partial charge in [0.1, 0.15) is 0 Å². The zero-order valence-corrected chi connectivity index (χ0v) is 19.0. The smallest absolute Gasteiger partial charge is 0.309 e. The molecule has 1 amide bonds. The molecular formula is C19H28ClN3O6S. The number of rotatable bonds is 9. The molecule has 11 heteroatoms. The number of nitrogens with one attached hydrogen (secondary N) is 1. The molecule has 1 aliphatic heterocycles. The maximum absolute atomic E-state index is 12.8. The molecule has 1 aromatic carbocycles. The lowest BCUT2D eigenvalue weighted by atomic mass is 10.1. The zero-order valence-electron chi connectivity index (χ0n) is 17.4. The second-order valence-electron chi connectivity index (χ2n) is 6.96. The monoisotopic (exact) mass is 461 g/mol. The SMILES string of the molecule is CCN(CC(=O)Nc1cc(S(=O)(=O)N2CCOCC2)ccc1Cl)CC(C)C(=O)OC. The lowest BCUT2D eigenvalue weighted by Crippen LogP contribution is -2.40. The Morgan fingerprint density at radius 3 is 2.60 bits per heavy atom. The molecule has 1 atom stereocenters. The van der Waals surface area contributed by atoms with Crippen LogP contribution in [0.25, 0.3) is 0 Å². The third-order valence-corrected chi connectivity index (χ3v) is 6.99. The molecular weight excluding hydrogens is 434 g/mol. The fraction of sp³-hybridized carbons (Fsp3) is 0.579. The number of methoxy groups -OCH3 is 1. The van der Waals surface area contributed by atoms with Crippen molar-refractivity contribution in [1.29, 1.82) is 0 Å². The largest absolute Gasteiger partial charge is 0.469 e. The average molecular weight is 462 g/mol. The van der Waals surface area contributed by atoms with E-state index in [0.29, 0.717) is 26.3 Å². The molecule has 1 aliphatic rings. The van der Waals surface area contributed by atoms with E-state index < -0.39 is 10.0 Å². The van der Waals surface area contributed by atoms with Crippen molar-refractivity contribution in [3.05, 3.63) is 23.2 Å². The van der Waals surface area contributed by atoms with Gasteiger partial charge in [0.15, 0.2) is 0 Å². The maximum atomic E-state index is 12.8. The molecule has 2 rings (SSSR count). The highest BCUT2D eigenvalue weighted by Crippen LogP contribution is 2.27. The molecule has 0 aliphatic carbocycles. The first-order valence-electron chi connectivity index (χ1n) is 9.66. The average Bonchev–Trinajstić information content (AvgIpc) is 2.74. The highest BCUT2D eigenvalue weighted by atomic mass is 35.5. The number of hydrogen-bond donors (Lipinski definition) is 1. The van der Waals surface area contributed by atoms with Crippen LogP contribution >= 0.6 is 11.6 Å². The van der Waals surface area contributed by atoms with Gasteiger partial charge in [-0.05, 0) is 24.7 Å². The first-order chi connectivity index (χ1) is 14.2. The summed E-state index contributed by atoms with van der Waals surface area (Å²) < 4.78 is 36.9. The van der Waals surface area contributed by atoms with Crippen LogP contribution in [0.5, 0.6) is 0 Å². The van der Waals surface area contributed by atoms with Crippen LogP contribution in [0.15, 0.2) is 23.1 Å². The normalized spacial score (nSPS) is 16.3. The molecule has 1 aromatic rings. The van der Waals surface area contributed by atoms with E-state index in [1.165, 1.54) is 29.6 Å². The van der Waals surface area contributed by atoms with Gasteiger partial charge in [0.25, 0.3) is 0 Å². The number of benzene rings is 1. The number of ether oxygens (including phenoxy) is 2. The van der Waals surface area contributed by atoms with Crippen molar-refractivity contribution >= 4 is 39.2 Å². The summed E-state index contributed by atoms with van der Waals surface area (Å²) >= 11 is 6.17. The molecule has 9 nitrogen and oxygen atoms in total. The molecule has 1 heterocycles. The van der Waals surface area contributed by atoms with Gasteiger partial charge in [-0.15, -0.1) is 0 Å². The molecule has 1 unspecified atom stereocenters. The minimum atomic E-state index is -3.71. The van der Waals surface area contributed by atoms with Gasteiger partial charge in [0.2, 0.25) is 15.9 Å². The Bertz CT molecular complexity index is 858. The van der Waals surface area contributed by atoms with Gasteiger partial charge in [0.05, 0.1) is 48.4 Å². The zero-order chi connectivity index (χ0) is 22.3. The number of esters is 1. The van der Waals surface area contributed by atoms with Crippen LogP contribution in [-0.2, 0) is 29.1 Å². The van der Waals surface area contributed by atoms with Crippen LogP contribution in [0, 0.1) is 5.92 Å². The molecule has 0 bridgehead atoms. The summed E-state index contributed by atoms with van der Waals surface area (Å²) in [5.41, 5.74) is 0.216. The molecule has 1 saturated heterocycles. The van der Waals surface area contributed by atoms with E-state index in [1.807, 2.05) is 6.92 Å². The van der Waals surface area contributed by atoms with Crippen LogP contribution < -0.4 is 5.32 Å². The minimum absolute atomic E-state index is 0.0224. The van der Waals surface area contributed by atoms with Crippen LogP contribution in [-0.4, -0.2) is 82.5 Å². The number of hydrogen-bond acceptors (Lipinski definition) is 7. The van der Waals surface area contributed by atoms with Crippen LogP contribution in [0.2, 0.25) is 5.02 Å². The van der Waals surface area contributed by atoms with E-state index >= 15 is 0 Å².